The summed E-state index contributed by atoms with van der Waals surface area (Å²) in [5.41, 5.74) is 3.31. The number of carbonyl (C=O) groups excluding carboxylic acids is 2. The predicted octanol–water partition coefficient (Wildman–Crippen LogP) is 4.69. The summed E-state index contributed by atoms with van der Waals surface area (Å²) in [6.07, 6.45) is 6.01. The lowest BCUT2D eigenvalue weighted by Gasteiger charge is -2.10. The summed E-state index contributed by atoms with van der Waals surface area (Å²) in [5.74, 6) is 0.601. The zero-order valence-corrected chi connectivity index (χ0v) is 19.0. The van der Waals surface area contributed by atoms with Crippen LogP contribution in [0.4, 0.5) is 5.69 Å². The van der Waals surface area contributed by atoms with E-state index < -0.39 is 0 Å². The number of aromatic nitrogens is 2. The Labute approximate surface area is 196 Å². The molecule has 0 fully saturated rings. The van der Waals surface area contributed by atoms with Crippen molar-refractivity contribution in [1.29, 1.82) is 0 Å². The maximum atomic E-state index is 12.5. The molecule has 0 saturated heterocycles. The molecule has 7 nitrogen and oxygen atoms in total. The molecule has 0 aliphatic heterocycles. The number of imidazole rings is 1. The molecule has 4 aromatic rings. The van der Waals surface area contributed by atoms with Crippen LogP contribution in [0.15, 0.2) is 88.9 Å². The topological polar surface area (TPSA) is 89.2 Å². The van der Waals surface area contributed by atoms with Crippen LogP contribution in [0.2, 0.25) is 0 Å². The van der Waals surface area contributed by atoms with Crippen molar-refractivity contribution in [1.82, 2.24) is 14.9 Å². The Morgan fingerprint density at radius 3 is 2.70 bits per heavy atom. The van der Waals surface area contributed by atoms with Crippen LogP contribution in [0.5, 0.6) is 0 Å². The minimum Gasteiger partial charge on any atom is -0.467 e. The van der Waals surface area contributed by atoms with Gasteiger partial charge in [0.15, 0.2) is 5.16 Å². The number of anilines is 1. The van der Waals surface area contributed by atoms with Crippen LogP contribution in [0.3, 0.4) is 0 Å². The lowest BCUT2D eigenvalue weighted by Crippen LogP contribution is -2.22. The van der Waals surface area contributed by atoms with Crippen molar-refractivity contribution in [3.63, 3.8) is 0 Å². The summed E-state index contributed by atoms with van der Waals surface area (Å²) in [4.78, 5) is 29.3. The molecule has 0 aliphatic carbocycles. The van der Waals surface area contributed by atoms with E-state index in [2.05, 4.69) is 22.5 Å². The van der Waals surface area contributed by atoms with E-state index in [1.165, 1.54) is 17.3 Å². The first-order valence-electron chi connectivity index (χ1n) is 10.6. The highest BCUT2D eigenvalue weighted by molar-refractivity contribution is 7.99. The monoisotopic (exact) mass is 460 g/mol. The molecule has 2 heterocycles. The van der Waals surface area contributed by atoms with E-state index >= 15 is 0 Å². The Morgan fingerprint density at radius 2 is 1.94 bits per heavy atom. The van der Waals surface area contributed by atoms with Crippen molar-refractivity contribution in [2.24, 2.45) is 0 Å². The highest BCUT2D eigenvalue weighted by Crippen LogP contribution is 2.22. The fraction of sp³-hybridized carbons (Fsp3) is 0.160. The second kappa shape index (κ2) is 10.7. The van der Waals surface area contributed by atoms with Crippen molar-refractivity contribution in [3.05, 3.63) is 96.2 Å². The fourth-order valence-electron chi connectivity index (χ4n) is 3.22. The second-order valence-corrected chi connectivity index (χ2v) is 8.22. The zero-order valence-electron chi connectivity index (χ0n) is 18.2. The van der Waals surface area contributed by atoms with Crippen LogP contribution in [0.1, 0.15) is 28.6 Å². The lowest BCUT2D eigenvalue weighted by atomic mass is 10.1. The van der Waals surface area contributed by atoms with Crippen molar-refractivity contribution in [2.45, 2.75) is 25.0 Å². The number of nitrogens with one attached hydrogen (secondary N) is 2. The molecular formula is C25H24N4O3S. The lowest BCUT2D eigenvalue weighted by molar-refractivity contribution is -0.113. The standard InChI is InChI=1S/C25H24N4O3S/c1-2-18-8-10-20(11-9-18)28-23(30)17-33-25-26-12-13-29(25)21-6-3-5-19(15-21)24(31)27-16-22-7-4-14-32-22/h3-15H,2,16-17H2,1H3,(H,27,31)(H,28,30). The minimum atomic E-state index is -0.198. The molecule has 2 amide bonds. The number of benzene rings is 2. The smallest absolute Gasteiger partial charge is 0.251 e. The van der Waals surface area contributed by atoms with Crippen LogP contribution < -0.4 is 10.6 Å². The van der Waals surface area contributed by atoms with Crippen LogP contribution in [0, 0.1) is 0 Å². The van der Waals surface area contributed by atoms with Gasteiger partial charge in [0.1, 0.15) is 5.76 Å². The third-order valence-electron chi connectivity index (χ3n) is 4.97. The van der Waals surface area contributed by atoms with Crippen LogP contribution >= 0.6 is 11.8 Å². The number of hydrogen-bond acceptors (Lipinski definition) is 5. The molecule has 2 N–H and O–H groups in total. The SMILES string of the molecule is CCc1ccc(NC(=O)CSc2nccn2-c2cccc(C(=O)NCc3ccco3)c2)cc1. The quantitative estimate of drug-likeness (QED) is 0.354. The van der Waals surface area contributed by atoms with Crippen molar-refractivity contribution < 1.29 is 14.0 Å². The molecule has 33 heavy (non-hydrogen) atoms. The van der Waals surface area contributed by atoms with E-state index in [9.17, 15) is 9.59 Å². The van der Waals surface area contributed by atoms with Crippen molar-refractivity contribution in [2.75, 3.05) is 11.1 Å². The van der Waals surface area contributed by atoms with E-state index in [1.54, 1.807) is 30.7 Å². The summed E-state index contributed by atoms with van der Waals surface area (Å²) in [7, 11) is 0. The van der Waals surface area contributed by atoms with Gasteiger partial charge in [0.2, 0.25) is 5.91 Å². The Hall–Kier alpha value is -3.78. The second-order valence-electron chi connectivity index (χ2n) is 7.28. The largest absolute Gasteiger partial charge is 0.467 e. The maximum absolute atomic E-state index is 12.5. The molecule has 0 aliphatic rings. The van der Waals surface area contributed by atoms with Gasteiger partial charge < -0.3 is 15.1 Å². The first kappa shape index (κ1) is 22.4. The molecule has 0 saturated carbocycles. The zero-order chi connectivity index (χ0) is 23.0. The Bertz CT molecular complexity index is 1220. The van der Waals surface area contributed by atoms with Crippen molar-refractivity contribution >= 4 is 29.3 Å². The minimum absolute atomic E-state index is 0.107. The third kappa shape index (κ3) is 5.93. The van der Waals surface area contributed by atoms with E-state index in [0.29, 0.717) is 23.0 Å². The summed E-state index contributed by atoms with van der Waals surface area (Å²) >= 11 is 1.33. The first-order valence-corrected chi connectivity index (χ1v) is 11.6. The van der Waals surface area contributed by atoms with Gasteiger partial charge in [-0.1, -0.05) is 36.9 Å². The first-order chi connectivity index (χ1) is 16.1. The van der Waals surface area contributed by atoms with Gasteiger partial charge in [-0.3, -0.25) is 14.2 Å². The van der Waals surface area contributed by atoms with Gasteiger partial charge in [-0.05, 0) is 54.4 Å². The summed E-state index contributed by atoms with van der Waals surface area (Å²) in [5, 5.41) is 6.42. The van der Waals surface area contributed by atoms with Gasteiger partial charge >= 0.3 is 0 Å². The molecule has 2 aromatic carbocycles. The maximum Gasteiger partial charge on any atom is 0.251 e. The number of amides is 2. The van der Waals surface area contributed by atoms with E-state index in [0.717, 1.165) is 17.8 Å². The number of aryl methyl sites for hydroxylation is 1. The number of rotatable bonds is 9. The average Bonchev–Trinajstić information content (AvgIpc) is 3.54. The molecular weight excluding hydrogens is 436 g/mol. The molecule has 0 atom stereocenters. The van der Waals surface area contributed by atoms with Crippen molar-refractivity contribution in [3.8, 4) is 5.69 Å². The van der Waals surface area contributed by atoms with Gasteiger partial charge in [-0.2, -0.15) is 0 Å². The molecule has 2 aromatic heterocycles. The van der Waals surface area contributed by atoms with E-state index in [1.807, 2.05) is 53.2 Å². The van der Waals surface area contributed by atoms with Gasteiger partial charge in [-0.15, -0.1) is 0 Å². The third-order valence-corrected chi connectivity index (χ3v) is 5.94. The van der Waals surface area contributed by atoms with E-state index in [4.69, 9.17) is 4.42 Å². The van der Waals surface area contributed by atoms with Gasteiger partial charge in [0, 0.05) is 29.3 Å². The summed E-state index contributed by atoms with van der Waals surface area (Å²) in [6, 6.07) is 18.7. The molecule has 4 rings (SSSR count). The summed E-state index contributed by atoms with van der Waals surface area (Å²) in [6.45, 7) is 2.41. The number of nitrogens with zero attached hydrogens (tertiary/aromatic N) is 2. The highest BCUT2D eigenvalue weighted by Gasteiger charge is 2.12. The molecule has 0 radical (unpaired) electrons. The summed E-state index contributed by atoms with van der Waals surface area (Å²) < 4.78 is 7.11. The molecule has 0 spiro atoms. The molecule has 168 valence electrons. The molecule has 0 unspecified atom stereocenters. The predicted molar refractivity (Wildman–Crippen MR) is 129 cm³/mol. The van der Waals surface area contributed by atoms with Crippen LogP contribution in [-0.4, -0.2) is 27.1 Å². The molecule has 0 bridgehead atoms. The van der Waals surface area contributed by atoms with E-state index in [-0.39, 0.29) is 17.6 Å². The average molecular weight is 461 g/mol. The normalized spacial score (nSPS) is 10.7. The Kier molecular flexibility index (Phi) is 7.26. The van der Waals surface area contributed by atoms with Gasteiger partial charge in [0.25, 0.3) is 5.91 Å². The number of thioether (sulfide) groups is 1. The molecule has 8 heteroatoms. The van der Waals surface area contributed by atoms with Crippen LogP contribution in [0.25, 0.3) is 5.69 Å². The number of furan rings is 1. The fourth-order valence-corrected chi connectivity index (χ4v) is 4.00. The Morgan fingerprint density at radius 1 is 1.09 bits per heavy atom. The van der Waals surface area contributed by atoms with Crippen LogP contribution in [-0.2, 0) is 17.8 Å². The van der Waals surface area contributed by atoms with Gasteiger partial charge in [0.05, 0.1) is 18.6 Å². The number of carbonyl (C=O) groups is 2. The van der Waals surface area contributed by atoms with Gasteiger partial charge in [-0.25, -0.2) is 4.98 Å². The number of hydrogen-bond donors (Lipinski definition) is 2. The Balaban J connectivity index is 1.37. The highest BCUT2D eigenvalue weighted by atomic mass is 32.2.